The van der Waals surface area contributed by atoms with Gasteiger partial charge in [-0.2, -0.15) is 0 Å². The van der Waals surface area contributed by atoms with E-state index in [2.05, 4.69) is 49.3 Å². The lowest BCUT2D eigenvalue weighted by atomic mass is 9.85. The number of nitrogens with two attached hydrogens (primary N) is 1. The summed E-state index contributed by atoms with van der Waals surface area (Å²) in [6.45, 7) is 1.07. The van der Waals surface area contributed by atoms with Gasteiger partial charge in [0.15, 0.2) is 0 Å². The average molecular weight is 468 g/mol. The van der Waals surface area contributed by atoms with Gasteiger partial charge in [-0.25, -0.2) is 9.97 Å². The molecular formula is C27H29N7O. The molecule has 0 saturated heterocycles. The van der Waals surface area contributed by atoms with Crippen LogP contribution in [-0.4, -0.2) is 44.4 Å². The number of hydrogen-bond donors (Lipinski definition) is 3. The smallest absolute Gasteiger partial charge is 0.234 e. The van der Waals surface area contributed by atoms with Crippen LogP contribution >= 0.6 is 0 Å². The van der Waals surface area contributed by atoms with Crippen LogP contribution in [0.25, 0.3) is 33.8 Å². The molecule has 2 aliphatic rings. The number of imidazole rings is 1. The quantitative estimate of drug-likeness (QED) is 0.394. The minimum absolute atomic E-state index is 0.0572. The number of nitrogen functional groups attached to an aromatic ring is 1. The van der Waals surface area contributed by atoms with Gasteiger partial charge in [0.25, 0.3) is 0 Å². The molecule has 1 fully saturated rings. The zero-order valence-corrected chi connectivity index (χ0v) is 19.6. The number of carbonyl (C=O) groups excluding carboxylic acids is 1. The number of hydrogen-bond acceptors (Lipinski definition) is 6. The Labute approximate surface area is 203 Å². The monoisotopic (exact) mass is 467 g/mol. The fraction of sp³-hybridized carbons (Fsp3) is 0.333. The molecule has 0 spiro atoms. The third kappa shape index (κ3) is 4.14. The van der Waals surface area contributed by atoms with E-state index in [1.54, 1.807) is 0 Å². The largest absolute Gasteiger partial charge is 0.382 e. The first-order chi connectivity index (χ1) is 17.2. The number of carbonyl (C=O) groups is 1. The molecule has 1 aromatic carbocycles. The van der Waals surface area contributed by atoms with Crippen molar-refractivity contribution < 1.29 is 4.79 Å². The van der Waals surface area contributed by atoms with E-state index < -0.39 is 0 Å². The topological polar surface area (TPSA) is 110 Å². The van der Waals surface area contributed by atoms with E-state index in [0.717, 1.165) is 77.8 Å². The zero-order chi connectivity index (χ0) is 23.8. The Bertz CT molecular complexity index is 1440. The van der Waals surface area contributed by atoms with E-state index >= 15 is 0 Å². The highest BCUT2D eigenvalue weighted by Crippen LogP contribution is 2.38. The molecule has 1 amide bonds. The number of aromatic nitrogens is 4. The lowest BCUT2D eigenvalue weighted by Crippen LogP contribution is -2.42. The molecule has 4 aromatic rings. The lowest BCUT2D eigenvalue weighted by Gasteiger charge is -2.29. The van der Waals surface area contributed by atoms with Crippen LogP contribution in [0.4, 0.5) is 5.82 Å². The summed E-state index contributed by atoms with van der Waals surface area (Å²) < 4.78 is 2.18. The molecule has 1 unspecified atom stereocenters. The van der Waals surface area contributed by atoms with Gasteiger partial charge in [0, 0.05) is 29.1 Å². The van der Waals surface area contributed by atoms with Crippen LogP contribution in [-0.2, 0) is 4.79 Å². The fourth-order valence-corrected chi connectivity index (χ4v) is 5.41. The summed E-state index contributed by atoms with van der Waals surface area (Å²) in [6, 6.07) is 10.3. The Balaban J connectivity index is 1.55. The summed E-state index contributed by atoms with van der Waals surface area (Å²) in [5.74, 6) is 1.69. The van der Waals surface area contributed by atoms with Crippen LogP contribution < -0.4 is 16.4 Å². The Kier molecular flexibility index (Phi) is 5.66. The van der Waals surface area contributed by atoms with Gasteiger partial charge in [-0.15, -0.1) is 0 Å². The van der Waals surface area contributed by atoms with Gasteiger partial charge in [-0.1, -0.05) is 30.7 Å². The van der Waals surface area contributed by atoms with Crippen molar-refractivity contribution >= 4 is 34.2 Å². The van der Waals surface area contributed by atoms with Crippen LogP contribution in [0, 0.1) is 0 Å². The average Bonchev–Trinajstić information content (AvgIpc) is 3.28. The molecular weight excluding hydrogens is 438 g/mol. The number of rotatable bonds is 1. The van der Waals surface area contributed by atoms with Crippen molar-refractivity contribution in [1.29, 1.82) is 0 Å². The summed E-state index contributed by atoms with van der Waals surface area (Å²) in [6.07, 6.45) is 12.6. The molecule has 0 radical (unpaired) electrons. The number of pyridine rings is 1. The predicted molar refractivity (Wildman–Crippen MR) is 138 cm³/mol. The highest BCUT2D eigenvalue weighted by Gasteiger charge is 2.30. The van der Waals surface area contributed by atoms with Crippen molar-refractivity contribution in [2.75, 3.05) is 18.8 Å². The highest BCUT2D eigenvalue weighted by atomic mass is 16.1. The maximum absolute atomic E-state index is 12.4. The molecule has 8 nitrogen and oxygen atoms in total. The maximum atomic E-state index is 12.4. The second-order valence-corrected chi connectivity index (χ2v) is 9.48. The molecule has 4 N–H and O–H groups in total. The molecule has 1 aliphatic heterocycles. The lowest BCUT2D eigenvalue weighted by molar-refractivity contribution is -0.121. The molecule has 2 bridgehead atoms. The maximum Gasteiger partial charge on any atom is 0.234 e. The van der Waals surface area contributed by atoms with Crippen LogP contribution in [0.1, 0.15) is 49.5 Å². The SMILES string of the molecule is Nc1ncc2n3c(nc(-c4cnc5ccccc5c4)c13)[C@@H]1CCCC(C1)NC(=O)CNCC/C=C/2. The molecule has 35 heavy (non-hydrogen) atoms. The Morgan fingerprint density at radius 2 is 2.03 bits per heavy atom. The van der Waals surface area contributed by atoms with Gasteiger partial charge in [-0.3, -0.25) is 14.2 Å². The fourth-order valence-electron chi connectivity index (χ4n) is 5.41. The van der Waals surface area contributed by atoms with Gasteiger partial charge >= 0.3 is 0 Å². The minimum atomic E-state index is 0.0572. The predicted octanol–water partition coefficient (Wildman–Crippen LogP) is 3.68. The summed E-state index contributed by atoms with van der Waals surface area (Å²) in [5.41, 5.74) is 10.9. The summed E-state index contributed by atoms with van der Waals surface area (Å²) in [7, 11) is 0. The van der Waals surface area contributed by atoms with Gasteiger partial charge in [0.1, 0.15) is 22.9 Å². The van der Waals surface area contributed by atoms with Crippen molar-refractivity contribution in [3.8, 4) is 11.3 Å². The van der Waals surface area contributed by atoms with Crippen molar-refractivity contribution in [3.63, 3.8) is 0 Å². The van der Waals surface area contributed by atoms with Gasteiger partial charge in [0.2, 0.25) is 5.91 Å². The van der Waals surface area contributed by atoms with E-state index in [-0.39, 0.29) is 17.9 Å². The van der Waals surface area contributed by atoms with E-state index in [9.17, 15) is 4.79 Å². The van der Waals surface area contributed by atoms with Crippen LogP contribution in [0.15, 0.2) is 48.8 Å². The molecule has 2 atom stereocenters. The van der Waals surface area contributed by atoms with Crippen LogP contribution in [0.2, 0.25) is 0 Å². The standard InChI is InChI=1S/C27H29N7O/c28-26-25-24(19-12-17-6-1-2-10-22(17)30-14-19)33-27-18-7-5-8-20(13-18)32-23(35)16-29-11-4-3-9-21(15-31-26)34(25)27/h1-3,6,9-10,12,14-15,18,20,29H,4-5,7-8,11,13,16H2,(H2,28,31)(H,32,35)/b9-3+/t18-,20?/m1/s1. The Morgan fingerprint density at radius 3 is 2.97 bits per heavy atom. The van der Waals surface area contributed by atoms with Crippen LogP contribution in [0.3, 0.4) is 0 Å². The normalized spacial score (nSPS) is 22.0. The third-order valence-electron chi connectivity index (χ3n) is 7.07. The zero-order valence-electron chi connectivity index (χ0n) is 19.6. The summed E-state index contributed by atoms with van der Waals surface area (Å²) in [4.78, 5) is 26.9. The first kappa shape index (κ1) is 21.7. The first-order valence-electron chi connectivity index (χ1n) is 12.4. The molecule has 4 heterocycles. The second kappa shape index (κ2) is 9.11. The van der Waals surface area contributed by atoms with Crippen molar-refractivity contribution in [3.05, 3.63) is 60.3 Å². The number of anilines is 1. The molecule has 6 rings (SSSR count). The number of nitrogens with one attached hydrogen (secondary N) is 2. The molecule has 178 valence electrons. The van der Waals surface area contributed by atoms with Gasteiger partial charge in [0.05, 0.1) is 24.0 Å². The highest BCUT2D eigenvalue weighted by molar-refractivity contribution is 5.90. The van der Waals surface area contributed by atoms with E-state index in [1.807, 2.05) is 30.6 Å². The van der Waals surface area contributed by atoms with Crippen molar-refractivity contribution in [1.82, 2.24) is 30.0 Å². The van der Waals surface area contributed by atoms with E-state index in [1.165, 1.54) is 0 Å². The van der Waals surface area contributed by atoms with E-state index in [4.69, 9.17) is 10.7 Å². The molecule has 3 aromatic heterocycles. The number of para-hydroxylation sites is 1. The molecule has 1 aliphatic carbocycles. The minimum Gasteiger partial charge on any atom is -0.382 e. The number of fused-ring (bicyclic) bond motifs is 4. The number of benzene rings is 1. The van der Waals surface area contributed by atoms with Crippen molar-refractivity contribution in [2.45, 2.75) is 44.1 Å². The summed E-state index contributed by atoms with van der Waals surface area (Å²) >= 11 is 0. The molecule has 1 saturated carbocycles. The Hall–Kier alpha value is -3.78. The second-order valence-electron chi connectivity index (χ2n) is 9.48. The van der Waals surface area contributed by atoms with Gasteiger partial charge < -0.3 is 16.4 Å². The van der Waals surface area contributed by atoms with Crippen molar-refractivity contribution in [2.24, 2.45) is 0 Å². The number of nitrogens with zero attached hydrogens (tertiary/aromatic N) is 4. The summed E-state index contributed by atoms with van der Waals surface area (Å²) in [5, 5.41) is 7.51. The van der Waals surface area contributed by atoms with Crippen LogP contribution in [0.5, 0.6) is 0 Å². The van der Waals surface area contributed by atoms with E-state index in [0.29, 0.717) is 12.4 Å². The third-order valence-corrected chi connectivity index (χ3v) is 7.07. The van der Waals surface area contributed by atoms with Gasteiger partial charge in [-0.05, 0) is 50.4 Å². The number of amides is 1. The molecule has 8 heteroatoms. The Morgan fingerprint density at radius 1 is 1.11 bits per heavy atom. The first-order valence-corrected chi connectivity index (χ1v) is 12.4.